The first-order valence-electron chi connectivity index (χ1n) is 7.06. The average molecular weight is 286 g/mol. The smallest absolute Gasteiger partial charge is 0.376 e. The van der Waals surface area contributed by atoms with Crippen LogP contribution < -0.4 is 0 Å². The van der Waals surface area contributed by atoms with Crippen LogP contribution in [0.3, 0.4) is 0 Å². The fourth-order valence-electron chi connectivity index (χ4n) is 2.79. The van der Waals surface area contributed by atoms with Crippen LogP contribution in [0, 0.1) is 0 Å². The Kier molecular flexibility index (Phi) is 3.80. The second-order valence-corrected chi connectivity index (χ2v) is 5.12. The molecule has 2 aliphatic carbocycles. The second-order valence-electron chi connectivity index (χ2n) is 5.12. The van der Waals surface area contributed by atoms with Gasteiger partial charge >= 0.3 is 5.97 Å². The Labute approximate surface area is 124 Å². The summed E-state index contributed by atoms with van der Waals surface area (Å²) in [5.74, 6) is 0.158. The van der Waals surface area contributed by atoms with Crippen LogP contribution in [-0.2, 0) is 19.0 Å². The first kappa shape index (κ1) is 13.9. The van der Waals surface area contributed by atoms with E-state index in [9.17, 15) is 4.79 Å². The molecule has 0 amide bonds. The molecule has 0 saturated heterocycles. The molecule has 0 aromatic carbocycles. The fraction of sp³-hybridized carbons (Fsp3) is 0.353. The Hall–Kier alpha value is -2.07. The molecule has 0 fully saturated rings. The van der Waals surface area contributed by atoms with E-state index in [-0.39, 0.29) is 6.10 Å². The minimum atomic E-state index is -1.05. The molecular weight excluding hydrogens is 268 g/mol. The van der Waals surface area contributed by atoms with E-state index < -0.39 is 12.3 Å². The average Bonchev–Trinajstić information content (AvgIpc) is 2.52. The van der Waals surface area contributed by atoms with Crippen molar-refractivity contribution in [2.45, 2.75) is 32.2 Å². The minimum Gasteiger partial charge on any atom is -0.464 e. The summed E-state index contributed by atoms with van der Waals surface area (Å²) in [5.41, 5.74) is 3.36. The number of rotatable bonds is 1. The predicted molar refractivity (Wildman–Crippen MR) is 78.1 cm³/mol. The van der Waals surface area contributed by atoms with E-state index in [1.807, 2.05) is 31.2 Å². The van der Waals surface area contributed by atoms with E-state index >= 15 is 0 Å². The Bertz CT molecular complexity index is 604. The van der Waals surface area contributed by atoms with Gasteiger partial charge in [0.15, 0.2) is 0 Å². The molecule has 21 heavy (non-hydrogen) atoms. The van der Waals surface area contributed by atoms with E-state index in [1.165, 1.54) is 12.7 Å². The lowest BCUT2D eigenvalue weighted by atomic mass is 9.86. The van der Waals surface area contributed by atoms with Gasteiger partial charge in [-0.3, -0.25) is 0 Å². The second kappa shape index (κ2) is 5.74. The van der Waals surface area contributed by atoms with E-state index in [0.29, 0.717) is 5.76 Å². The summed E-state index contributed by atoms with van der Waals surface area (Å²) in [7, 11) is 1.33. The standard InChI is InChI=1S/C17H18O4/c1-11-12-7-3-4-8-13(12)14-9-5-6-10-15(14)21-17(20-11)16(18)19-2/h3,5-7,9-10,15,17H,4,8H2,1-2H3/b12-11?,14-13-. The first-order valence-corrected chi connectivity index (χ1v) is 7.06. The lowest BCUT2D eigenvalue weighted by Crippen LogP contribution is -2.35. The highest BCUT2D eigenvalue weighted by Crippen LogP contribution is 2.35. The molecule has 110 valence electrons. The lowest BCUT2D eigenvalue weighted by molar-refractivity contribution is -0.188. The number of hydrogen-bond acceptors (Lipinski definition) is 4. The van der Waals surface area contributed by atoms with Crippen molar-refractivity contribution in [2.24, 2.45) is 0 Å². The topological polar surface area (TPSA) is 44.8 Å². The molecule has 4 nitrogen and oxygen atoms in total. The highest BCUT2D eigenvalue weighted by Gasteiger charge is 2.32. The molecule has 1 aliphatic heterocycles. The summed E-state index contributed by atoms with van der Waals surface area (Å²) >= 11 is 0. The number of fused-ring (bicyclic) bond motifs is 2. The first-order chi connectivity index (χ1) is 10.2. The third-order valence-corrected chi connectivity index (χ3v) is 3.83. The largest absolute Gasteiger partial charge is 0.464 e. The van der Waals surface area contributed by atoms with Crippen LogP contribution in [0.1, 0.15) is 19.8 Å². The van der Waals surface area contributed by atoms with Crippen LogP contribution in [-0.4, -0.2) is 25.5 Å². The van der Waals surface area contributed by atoms with Gasteiger partial charge in [-0.25, -0.2) is 4.79 Å². The molecule has 0 saturated carbocycles. The van der Waals surface area contributed by atoms with Crippen molar-refractivity contribution in [3.05, 3.63) is 58.9 Å². The number of esters is 1. The predicted octanol–water partition coefficient (Wildman–Crippen LogP) is 2.95. The number of allylic oxidation sites excluding steroid dienone is 7. The Morgan fingerprint density at radius 1 is 1.33 bits per heavy atom. The zero-order valence-corrected chi connectivity index (χ0v) is 12.2. The van der Waals surface area contributed by atoms with Crippen molar-refractivity contribution in [2.75, 3.05) is 7.11 Å². The molecule has 2 unspecified atom stereocenters. The molecule has 0 spiro atoms. The maximum atomic E-state index is 11.8. The van der Waals surface area contributed by atoms with Crippen molar-refractivity contribution < 1.29 is 19.0 Å². The maximum Gasteiger partial charge on any atom is 0.376 e. The number of hydrogen-bond donors (Lipinski definition) is 0. The van der Waals surface area contributed by atoms with Crippen molar-refractivity contribution in [3.63, 3.8) is 0 Å². The van der Waals surface area contributed by atoms with Crippen molar-refractivity contribution in [3.8, 4) is 0 Å². The summed E-state index contributed by atoms with van der Waals surface area (Å²) in [6.07, 6.45) is 12.7. The fourth-order valence-corrected chi connectivity index (χ4v) is 2.79. The zero-order chi connectivity index (χ0) is 14.8. The van der Waals surface area contributed by atoms with Gasteiger partial charge in [-0.05, 0) is 30.9 Å². The van der Waals surface area contributed by atoms with Gasteiger partial charge in [-0.15, -0.1) is 0 Å². The number of carbonyl (C=O) groups excluding carboxylic acids is 1. The Morgan fingerprint density at radius 2 is 2.19 bits per heavy atom. The van der Waals surface area contributed by atoms with Crippen molar-refractivity contribution in [1.29, 1.82) is 0 Å². The highest BCUT2D eigenvalue weighted by molar-refractivity contribution is 5.73. The van der Waals surface area contributed by atoms with Crippen LogP contribution in [0.25, 0.3) is 0 Å². The van der Waals surface area contributed by atoms with Crippen molar-refractivity contribution in [1.82, 2.24) is 0 Å². The van der Waals surface area contributed by atoms with Gasteiger partial charge in [-0.2, -0.15) is 0 Å². The summed E-state index contributed by atoms with van der Waals surface area (Å²) < 4.78 is 16.3. The molecule has 1 heterocycles. The van der Waals surface area contributed by atoms with Gasteiger partial charge < -0.3 is 14.2 Å². The van der Waals surface area contributed by atoms with Crippen LogP contribution in [0.4, 0.5) is 0 Å². The van der Waals surface area contributed by atoms with Gasteiger partial charge in [0.25, 0.3) is 6.29 Å². The third kappa shape index (κ3) is 2.59. The summed E-state index contributed by atoms with van der Waals surface area (Å²) in [4.78, 5) is 11.8. The normalized spacial score (nSPS) is 31.0. The summed E-state index contributed by atoms with van der Waals surface area (Å²) in [6, 6.07) is 0. The molecule has 0 radical (unpaired) electrons. The highest BCUT2D eigenvalue weighted by atomic mass is 16.7. The van der Waals surface area contributed by atoms with Crippen LogP contribution >= 0.6 is 0 Å². The number of ether oxygens (including phenoxy) is 3. The van der Waals surface area contributed by atoms with Gasteiger partial charge in [0.1, 0.15) is 11.9 Å². The van der Waals surface area contributed by atoms with Crippen LogP contribution in [0.5, 0.6) is 0 Å². The minimum absolute atomic E-state index is 0.288. The third-order valence-electron chi connectivity index (χ3n) is 3.83. The molecule has 0 bridgehead atoms. The van der Waals surface area contributed by atoms with E-state index in [4.69, 9.17) is 14.2 Å². The molecule has 0 aromatic rings. The number of carbonyl (C=O) groups is 1. The summed E-state index contributed by atoms with van der Waals surface area (Å²) in [5, 5.41) is 0. The quantitative estimate of drug-likeness (QED) is 0.695. The van der Waals surface area contributed by atoms with E-state index in [1.54, 1.807) is 0 Å². The molecular formula is C17H18O4. The van der Waals surface area contributed by atoms with Gasteiger partial charge in [0.05, 0.1) is 7.11 Å². The Balaban J connectivity index is 2.09. The molecule has 2 atom stereocenters. The van der Waals surface area contributed by atoms with Gasteiger partial charge in [-0.1, -0.05) is 36.5 Å². The van der Waals surface area contributed by atoms with Gasteiger partial charge in [0, 0.05) is 5.57 Å². The lowest BCUT2D eigenvalue weighted by Gasteiger charge is -2.31. The van der Waals surface area contributed by atoms with E-state index in [2.05, 4.69) is 12.2 Å². The molecule has 4 heteroatoms. The van der Waals surface area contributed by atoms with E-state index in [0.717, 1.165) is 24.0 Å². The SMILES string of the molecule is COC(=O)C1OC(C)=C2C=CCC/C2=C2\C=CC=CC2O1. The molecule has 3 rings (SSSR count). The zero-order valence-electron chi connectivity index (χ0n) is 12.2. The Morgan fingerprint density at radius 3 is 3.00 bits per heavy atom. The van der Waals surface area contributed by atoms with Crippen molar-refractivity contribution >= 4 is 5.97 Å². The molecule has 0 aromatic heterocycles. The monoisotopic (exact) mass is 286 g/mol. The van der Waals surface area contributed by atoms with Crippen LogP contribution in [0.2, 0.25) is 0 Å². The summed E-state index contributed by atoms with van der Waals surface area (Å²) in [6.45, 7) is 1.85. The molecule has 3 aliphatic rings. The molecule has 0 N–H and O–H groups in total. The maximum absolute atomic E-state index is 11.8. The van der Waals surface area contributed by atoms with Crippen LogP contribution in [0.15, 0.2) is 58.9 Å². The van der Waals surface area contributed by atoms with Gasteiger partial charge in [0.2, 0.25) is 0 Å². The number of methoxy groups -OCH3 is 1.